The number of benzene rings is 3. The van der Waals surface area contributed by atoms with E-state index in [2.05, 4.69) is 5.32 Å². The van der Waals surface area contributed by atoms with Gasteiger partial charge in [0.2, 0.25) is 0 Å². The highest BCUT2D eigenvalue weighted by Crippen LogP contribution is 2.32. The molecule has 0 aliphatic rings. The van der Waals surface area contributed by atoms with E-state index in [0.717, 1.165) is 16.8 Å². The largest absolute Gasteiger partial charge is 0.384 e. The van der Waals surface area contributed by atoms with Crippen LogP contribution < -0.4 is 11.1 Å². The molecule has 2 aromatic heterocycles. The molecule has 5 aromatic rings. The van der Waals surface area contributed by atoms with E-state index in [1.807, 2.05) is 56.3 Å². The van der Waals surface area contributed by atoms with Gasteiger partial charge >= 0.3 is 0 Å². The van der Waals surface area contributed by atoms with E-state index in [-0.39, 0.29) is 29.7 Å². The molecule has 3 aromatic carbocycles. The van der Waals surface area contributed by atoms with Crippen molar-refractivity contribution in [1.82, 2.24) is 19.9 Å². The Bertz CT molecular complexity index is 1560. The lowest BCUT2D eigenvalue weighted by atomic mass is 10.1. The summed E-state index contributed by atoms with van der Waals surface area (Å²) in [6.07, 6.45) is 0.364. The van der Waals surface area contributed by atoms with Crippen LogP contribution in [0.3, 0.4) is 0 Å². The number of nitrogens with two attached hydrogens (primary N) is 1. The molecule has 6 nitrogen and oxygen atoms in total. The van der Waals surface area contributed by atoms with Crippen molar-refractivity contribution in [2.24, 2.45) is 0 Å². The third-order valence-electron chi connectivity index (χ3n) is 6.18. The predicted octanol–water partition coefficient (Wildman–Crippen LogP) is 4.88. The fraction of sp³-hybridized carbons (Fsp3) is 0.148. The molecule has 0 aliphatic heterocycles. The van der Waals surface area contributed by atoms with Crippen LogP contribution in [0.5, 0.6) is 0 Å². The van der Waals surface area contributed by atoms with Crippen LogP contribution in [-0.2, 0) is 6.42 Å². The normalized spacial score (nSPS) is 11.3. The molecule has 170 valence electrons. The molecule has 3 N–H and O–H groups in total. The SMILES string of the molecule is Cc1cccc(-n2c(N)c(C(=O)NCCc3ccccc3F)c3nc4ccccc4nc32)c1C. The quantitative estimate of drug-likeness (QED) is 0.397. The summed E-state index contributed by atoms with van der Waals surface area (Å²) in [5.41, 5.74) is 12.7. The van der Waals surface area contributed by atoms with Gasteiger partial charge in [-0.1, -0.05) is 42.5 Å². The number of aromatic nitrogens is 3. The number of nitrogen functional groups attached to an aromatic ring is 1. The number of hydrogen-bond acceptors (Lipinski definition) is 4. The van der Waals surface area contributed by atoms with Crippen molar-refractivity contribution in [2.75, 3.05) is 12.3 Å². The highest BCUT2D eigenvalue weighted by atomic mass is 19.1. The molecule has 7 heteroatoms. The van der Waals surface area contributed by atoms with Gasteiger partial charge < -0.3 is 11.1 Å². The molecule has 0 spiro atoms. The van der Waals surface area contributed by atoms with Gasteiger partial charge in [0.1, 0.15) is 22.7 Å². The zero-order valence-corrected chi connectivity index (χ0v) is 19.0. The summed E-state index contributed by atoms with van der Waals surface area (Å²) in [7, 11) is 0. The Morgan fingerprint density at radius 3 is 2.44 bits per heavy atom. The summed E-state index contributed by atoms with van der Waals surface area (Å²) in [6.45, 7) is 4.30. The van der Waals surface area contributed by atoms with Gasteiger partial charge in [0.05, 0.1) is 16.7 Å². The average Bonchev–Trinajstić information content (AvgIpc) is 3.11. The van der Waals surface area contributed by atoms with Crippen LogP contribution >= 0.6 is 0 Å². The van der Waals surface area contributed by atoms with Crippen LogP contribution in [-0.4, -0.2) is 27.0 Å². The minimum atomic E-state index is -0.368. The molecule has 0 bridgehead atoms. The monoisotopic (exact) mass is 453 g/mol. The minimum absolute atomic E-state index is 0.260. The standard InChI is InChI=1S/C27H24FN5O/c1-16-8-7-13-22(17(16)2)33-25(29)23(24-26(33)32-21-12-6-5-11-20(21)31-24)27(34)30-15-14-18-9-3-4-10-19(18)28/h3-13H,14-15,29H2,1-2H3,(H,30,34). The molecule has 0 unspecified atom stereocenters. The number of halogens is 1. The van der Waals surface area contributed by atoms with Crippen molar-refractivity contribution in [3.8, 4) is 5.69 Å². The Morgan fingerprint density at radius 2 is 1.68 bits per heavy atom. The van der Waals surface area contributed by atoms with Gasteiger partial charge in [0, 0.05) is 6.54 Å². The summed E-state index contributed by atoms with van der Waals surface area (Å²) in [6, 6.07) is 20.0. The molecule has 34 heavy (non-hydrogen) atoms. The maximum atomic E-state index is 14.0. The first-order chi connectivity index (χ1) is 16.5. The van der Waals surface area contributed by atoms with E-state index in [1.54, 1.807) is 22.8 Å². The second-order valence-corrected chi connectivity index (χ2v) is 8.30. The molecule has 0 atom stereocenters. The van der Waals surface area contributed by atoms with Gasteiger partial charge in [-0.25, -0.2) is 14.4 Å². The molecule has 2 heterocycles. The first-order valence-electron chi connectivity index (χ1n) is 11.1. The fourth-order valence-electron chi connectivity index (χ4n) is 4.21. The fourth-order valence-corrected chi connectivity index (χ4v) is 4.21. The first-order valence-corrected chi connectivity index (χ1v) is 11.1. The zero-order valence-electron chi connectivity index (χ0n) is 19.0. The Morgan fingerprint density at radius 1 is 0.971 bits per heavy atom. The number of carbonyl (C=O) groups is 1. The minimum Gasteiger partial charge on any atom is -0.384 e. The van der Waals surface area contributed by atoms with Crippen LogP contribution in [0.4, 0.5) is 10.2 Å². The van der Waals surface area contributed by atoms with Crippen molar-refractivity contribution in [3.05, 3.63) is 94.8 Å². The second-order valence-electron chi connectivity index (χ2n) is 8.30. The lowest BCUT2D eigenvalue weighted by molar-refractivity contribution is 0.0956. The van der Waals surface area contributed by atoms with Crippen molar-refractivity contribution in [3.63, 3.8) is 0 Å². The molecule has 1 amide bonds. The number of hydrogen-bond donors (Lipinski definition) is 2. The van der Waals surface area contributed by atoms with E-state index in [0.29, 0.717) is 34.2 Å². The van der Waals surface area contributed by atoms with E-state index in [4.69, 9.17) is 15.7 Å². The lowest BCUT2D eigenvalue weighted by Gasteiger charge is -2.13. The maximum absolute atomic E-state index is 14.0. The number of carbonyl (C=O) groups excluding carboxylic acids is 1. The van der Waals surface area contributed by atoms with Crippen LogP contribution in [0, 0.1) is 19.7 Å². The number of fused-ring (bicyclic) bond motifs is 2. The van der Waals surface area contributed by atoms with Crippen molar-refractivity contribution in [1.29, 1.82) is 0 Å². The molecule has 0 saturated heterocycles. The molecule has 0 fully saturated rings. The summed E-state index contributed by atoms with van der Waals surface area (Å²) in [5.74, 6) is -0.394. The Hall–Kier alpha value is -4.26. The highest BCUT2D eigenvalue weighted by Gasteiger charge is 2.25. The zero-order chi connectivity index (χ0) is 23.8. The number of nitrogens with one attached hydrogen (secondary N) is 1. The average molecular weight is 454 g/mol. The van der Waals surface area contributed by atoms with E-state index in [1.165, 1.54) is 6.07 Å². The van der Waals surface area contributed by atoms with Crippen LogP contribution in [0.25, 0.3) is 27.9 Å². The smallest absolute Gasteiger partial charge is 0.257 e. The highest BCUT2D eigenvalue weighted by molar-refractivity contribution is 6.11. The number of rotatable bonds is 5. The van der Waals surface area contributed by atoms with E-state index in [9.17, 15) is 9.18 Å². The van der Waals surface area contributed by atoms with Gasteiger partial charge in [-0.05, 0) is 61.2 Å². The molecule has 0 aliphatic carbocycles. The summed E-state index contributed by atoms with van der Waals surface area (Å²) >= 11 is 0. The Kier molecular flexibility index (Phi) is 5.45. The van der Waals surface area contributed by atoms with Crippen LogP contribution in [0.2, 0.25) is 0 Å². The predicted molar refractivity (Wildman–Crippen MR) is 133 cm³/mol. The third-order valence-corrected chi connectivity index (χ3v) is 6.18. The van der Waals surface area contributed by atoms with Crippen LogP contribution in [0.1, 0.15) is 27.0 Å². The number of aryl methyl sites for hydroxylation is 1. The van der Waals surface area contributed by atoms with Gasteiger partial charge in [0.25, 0.3) is 5.91 Å². The van der Waals surface area contributed by atoms with Crippen molar-refractivity contribution >= 4 is 33.9 Å². The summed E-state index contributed by atoms with van der Waals surface area (Å²) in [4.78, 5) is 22.9. The summed E-state index contributed by atoms with van der Waals surface area (Å²) < 4.78 is 15.8. The second kappa shape index (κ2) is 8.59. The molecule has 5 rings (SSSR count). The Balaban J connectivity index is 1.61. The van der Waals surface area contributed by atoms with E-state index < -0.39 is 0 Å². The number of amides is 1. The summed E-state index contributed by atoms with van der Waals surface area (Å²) in [5, 5.41) is 2.88. The van der Waals surface area contributed by atoms with Gasteiger partial charge in [0.15, 0.2) is 5.65 Å². The van der Waals surface area contributed by atoms with Crippen LogP contribution in [0.15, 0.2) is 66.7 Å². The molecule has 0 saturated carbocycles. The number of para-hydroxylation sites is 2. The molecular weight excluding hydrogens is 429 g/mol. The third kappa shape index (κ3) is 3.65. The molecule has 0 radical (unpaired) electrons. The number of anilines is 1. The lowest BCUT2D eigenvalue weighted by Crippen LogP contribution is -2.26. The number of nitrogens with zero attached hydrogens (tertiary/aromatic N) is 3. The molecular formula is C27H24FN5O. The van der Waals surface area contributed by atoms with Gasteiger partial charge in [-0.3, -0.25) is 9.36 Å². The van der Waals surface area contributed by atoms with E-state index >= 15 is 0 Å². The topological polar surface area (TPSA) is 85.8 Å². The van der Waals surface area contributed by atoms with Crippen molar-refractivity contribution in [2.45, 2.75) is 20.3 Å². The maximum Gasteiger partial charge on any atom is 0.257 e. The van der Waals surface area contributed by atoms with Gasteiger partial charge in [-0.2, -0.15) is 0 Å². The van der Waals surface area contributed by atoms with Gasteiger partial charge in [-0.15, -0.1) is 0 Å². The van der Waals surface area contributed by atoms with Crippen molar-refractivity contribution < 1.29 is 9.18 Å². The Labute approximate surface area is 196 Å². The first kappa shape index (κ1) is 21.6.